The zero-order chi connectivity index (χ0) is 26.9. The number of benzene rings is 2. The van der Waals surface area contributed by atoms with Crippen LogP contribution in [0.25, 0.3) is 10.9 Å². The number of nitrogens with one attached hydrogen (secondary N) is 2. The van der Waals surface area contributed by atoms with Crippen LogP contribution in [0, 0.1) is 6.92 Å². The number of aryl methyl sites for hydroxylation is 1. The maximum atomic E-state index is 13.0. The van der Waals surface area contributed by atoms with E-state index in [0.717, 1.165) is 29.4 Å². The average Bonchev–Trinajstić information content (AvgIpc) is 3.47. The first-order valence-corrected chi connectivity index (χ1v) is 12.2. The molecule has 8 nitrogen and oxygen atoms in total. The summed E-state index contributed by atoms with van der Waals surface area (Å²) in [7, 11) is 0. The lowest BCUT2D eigenvalue weighted by atomic mass is 10.0. The number of rotatable bonds is 6. The Morgan fingerprint density at radius 3 is 2.68 bits per heavy atom. The number of hydrogen-bond donors (Lipinski definition) is 2. The molecule has 38 heavy (non-hydrogen) atoms. The number of halogens is 3. The summed E-state index contributed by atoms with van der Waals surface area (Å²) in [6.45, 7) is 3.16. The van der Waals surface area contributed by atoms with E-state index >= 15 is 0 Å². The number of amides is 2. The van der Waals surface area contributed by atoms with Gasteiger partial charge in [0.1, 0.15) is 5.75 Å². The van der Waals surface area contributed by atoms with Gasteiger partial charge in [-0.2, -0.15) is 5.10 Å². The van der Waals surface area contributed by atoms with E-state index in [4.69, 9.17) is 0 Å². The van der Waals surface area contributed by atoms with Gasteiger partial charge in [-0.25, -0.2) is 0 Å². The molecule has 2 aromatic carbocycles. The molecular formula is C27H26F3N5O3. The number of fused-ring (bicyclic) bond motifs is 1. The minimum atomic E-state index is -4.80. The van der Waals surface area contributed by atoms with E-state index in [9.17, 15) is 22.8 Å². The van der Waals surface area contributed by atoms with Crippen molar-refractivity contribution in [3.05, 3.63) is 77.7 Å². The van der Waals surface area contributed by atoms with Crippen molar-refractivity contribution in [2.75, 3.05) is 18.4 Å². The summed E-state index contributed by atoms with van der Waals surface area (Å²) >= 11 is 0. The summed E-state index contributed by atoms with van der Waals surface area (Å²) in [6.07, 6.45) is -0.210. The number of aromatic amines is 1. The van der Waals surface area contributed by atoms with Gasteiger partial charge in [-0.3, -0.25) is 14.3 Å². The molecular weight excluding hydrogens is 499 g/mol. The molecule has 2 aromatic heterocycles. The lowest BCUT2D eigenvalue weighted by molar-refractivity contribution is -0.274. The van der Waals surface area contributed by atoms with Crippen molar-refractivity contribution >= 4 is 28.4 Å². The van der Waals surface area contributed by atoms with Crippen LogP contribution < -0.4 is 10.1 Å². The summed E-state index contributed by atoms with van der Waals surface area (Å²) in [6, 6.07) is 13.1. The highest BCUT2D eigenvalue weighted by atomic mass is 19.4. The van der Waals surface area contributed by atoms with Crippen LogP contribution in [0.4, 0.5) is 18.9 Å². The molecule has 3 heterocycles. The van der Waals surface area contributed by atoms with Crippen LogP contribution in [0.2, 0.25) is 0 Å². The van der Waals surface area contributed by atoms with Crippen LogP contribution in [-0.4, -0.2) is 50.9 Å². The molecule has 0 spiro atoms. The number of hydrogen-bond acceptors (Lipinski definition) is 4. The van der Waals surface area contributed by atoms with Gasteiger partial charge in [0.15, 0.2) is 0 Å². The molecule has 1 aliphatic heterocycles. The summed E-state index contributed by atoms with van der Waals surface area (Å²) in [5, 5.41) is 8.11. The van der Waals surface area contributed by atoms with Gasteiger partial charge in [-0.15, -0.1) is 13.2 Å². The van der Waals surface area contributed by atoms with Crippen LogP contribution in [0.3, 0.4) is 0 Å². The molecule has 11 heteroatoms. The average molecular weight is 526 g/mol. The van der Waals surface area contributed by atoms with Gasteiger partial charge in [0.2, 0.25) is 5.91 Å². The van der Waals surface area contributed by atoms with Crippen molar-refractivity contribution in [2.24, 2.45) is 0 Å². The summed E-state index contributed by atoms with van der Waals surface area (Å²) in [5.74, 6) is -0.758. The van der Waals surface area contributed by atoms with Crippen LogP contribution in [0.5, 0.6) is 5.75 Å². The number of H-pyrrole nitrogens is 1. The zero-order valence-corrected chi connectivity index (χ0v) is 20.6. The fraction of sp³-hybridized carbons (Fsp3) is 0.296. The second-order valence-corrected chi connectivity index (χ2v) is 9.41. The van der Waals surface area contributed by atoms with E-state index in [1.54, 1.807) is 16.9 Å². The Bertz CT molecular complexity index is 1470. The Kier molecular flexibility index (Phi) is 6.83. The standard InChI is InChI=1S/C27H26F3N5O3/c1-17-11-20-14-19(5-6-24(20)32-17)26(37)34-9-7-22(8-10-34)35-16-21(15-31-35)33-25(36)13-18-3-2-4-23(12-18)38-27(28,29)30/h2-6,11-12,14-16,22,32H,7-10,13H2,1H3,(H,33,36). The third-order valence-corrected chi connectivity index (χ3v) is 6.51. The highest BCUT2D eigenvalue weighted by molar-refractivity contribution is 5.98. The van der Waals surface area contributed by atoms with Crippen molar-refractivity contribution in [1.29, 1.82) is 0 Å². The quantitative estimate of drug-likeness (QED) is 0.361. The summed E-state index contributed by atoms with van der Waals surface area (Å²) in [4.78, 5) is 30.6. The first kappa shape index (κ1) is 25.4. The summed E-state index contributed by atoms with van der Waals surface area (Å²) < 4.78 is 43.0. The second-order valence-electron chi connectivity index (χ2n) is 9.41. The Morgan fingerprint density at radius 1 is 1.13 bits per heavy atom. The number of carbonyl (C=O) groups excluding carboxylic acids is 2. The van der Waals surface area contributed by atoms with Gasteiger partial charge in [0.05, 0.1) is 24.3 Å². The first-order chi connectivity index (χ1) is 18.1. The minimum absolute atomic E-state index is 0.00215. The molecule has 5 rings (SSSR count). The van der Waals surface area contributed by atoms with Crippen LogP contribution >= 0.6 is 0 Å². The smallest absolute Gasteiger partial charge is 0.406 e. The molecule has 0 radical (unpaired) electrons. The molecule has 0 unspecified atom stereocenters. The zero-order valence-electron chi connectivity index (χ0n) is 20.6. The van der Waals surface area contributed by atoms with E-state index in [-0.39, 0.29) is 30.0 Å². The number of likely N-dealkylation sites (tertiary alicyclic amines) is 1. The van der Waals surface area contributed by atoms with Gasteiger partial charge >= 0.3 is 6.36 Å². The van der Waals surface area contributed by atoms with Crippen LogP contribution in [0.15, 0.2) is 60.9 Å². The van der Waals surface area contributed by atoms with Crippen molar-refractivity contribution < 1.29 is 27.5 Å². The number of carbonyl (C=O) groups is 2. The van der Waals surface area contributed by atoms with Gasteiger partial charge in [0, 0.05) is 41.4 Å². The Labute approximate surface area is 216 Å². The monoisotopic (exact) mass is 525 g/mol. The van der Waals surface area contributed by atoms with E-state index in [1.165, 1.54) is 24.4 Å². The molecule has 198 valence electrons. The number of ether oxygens (including phenoxy) is 1. The predicted octanol–water partition coefficient (Wildman–Crippen LogP) is 5.23. The Hall–Kier alpha value is -4.28. The number of anilines is 1. The molecule has 2 amide bonds. The fourth-order valence-corrected chi connectivity index (χ4v) is 4.77. The maximum Gasteiger partial charge on any atom is 0.573 e. The molecule has 0 aliphatic carbocycles. The Morgan fingerprint density at radius 2 is 1.92 bits per heavy atom. The molecule has 2 N–H and O–H groups in total. The van der Waals surface area contributed by atoms with Gasteiger partial charge < -0.3 is 19.9 Å². The fourth-order valence-electron chi connectivity index (χ4n) is 4.77. The highest BCUT2D eigenvalue weighted by Crippen LogP contribution is 2.26. The maximum absolute atomic E-state index is 13.0. The number of piperidine rings is 1. The predicted molar refractivity (Wildman–Crippen MR) is 135 cm³/mol. The summed E-state index contributed by atoms with van der Waals surface area (Å²) in [5.41, 5.74) is 3.59. The van der Waals surface area contributed by atoms with Crippen molar-refractivity contribution in [2.45, 2.75) is 38.6 Å². The van der Waals surface area contributed by atoms with Gasteiger partial charge in [-0.05, 0) is 61.7 Å². The van der Waals surface area contributed by atoms with Crippen LogP contribution in [-0.2, 0) is 11.2 Å². The first-order valence-electron chi connectivity index (χ1n) is 12.2. The van der Waals surface area contributed by atoms with Gasteiger partial charge in [0.25, 0.3) is 5.91 Å². The molecule has 1 aliphatic rings. The molecule has 1 fully saturated rings. The third kappa shape index (κ3) is 5.99. The Balaban J connectivity index is 1.14. The van der Waals surface area contributed by atoms with Crippen molar-refractivity contribution in [3.63, 3.8) is 0 Å². The molecule has 0 bridgehead atoms. The molecule has 0 atom stereocenters. The molecule has 1 saturated heterocycles. The van der Waals surface area contributed by atoms with Crippen LogP contribution in [0.1, 0.15) is 40.5 Å². The SMILES string of the molecule is Cc1cc2cc(C(=O)N3CCC(n4cc(NC(=O)Cc5cccc(OC(F)(F)F)c5)cn4)CC3)ccc2[nH]1. The van der Waals surface area contributed by atoms with E-state index in [1.807, 2.05) is 36.1 Å². The number of aromatic nitrogens is 3. The normalized spacial score (nSPS) is 14.6. The number of nitrogens with zero attached hydrogens (tertiary/aromatic N) is 3. The lowest BCUT2D eigenvalue weighted by Crippen LogP contribution is -2.39. The lowest BCUT2D eigenvalue weighted by Gasteiger charge is -2.32. The highest BCUT2D eigenvalue weighted by Gasteiger charge is 2.31. The molecule has 0 saturated carbocycles. The minimum Gasteiger partial charge on any atom is -0.406 e. The van der Waals surface area contributed by atoms with Gasteiger partial charge in [-0.1, -0.05) is 12.1 Å². The van der Waals surface area contributed by atoms with E-state index < -0.39 is 6.36 Å². The van der Waals surface area contributed by atoms with E-state index in [0.29, 0.717) is 29.9 Å². The van der Waals surface area contributed by atoms with E-state index in [2.05, 4.69) is 20.1 Å². The second kappa shape index (κ2) is 10.2. The molecule has 4 aromatic rings. The largest absolute Gasteiger partial charge is 0.573 e. The third-order valence-electron chi connectivity index (χ3n) is 6.51. The van der Waals surface area contributed by atoms with Crippen molar-refractivity contribution in [3.8, 4) is 5.75 Å². The number of alkyl halides is 3. The topological polar surface area (TPSA) is 92.2 Å². The van der Waals surface area contributed by atoms with Crippen molar-refractivity contribution in [1.82, 2.24) is 19.7 Å².